The molecule has 3 nitrogen and oxygen atoms in total. The molecule has 1 atom stereocenters. The summed E-state index contributed by atoms with van der Waals surface area (Å²) < 4.78 is 2.26. The molecule has 0 aromatic carbocycles. The Morgan fingerprint density at radius 1 is 1.25 bits per heavy atom. The molecule has 0 radical (unpaired) electrons. The van der Waals surface area contributed by atoms with Gasteiger partial charge in [0, 0.05) is 12.1 Å². The highest BCUT2D eigenvalue weighted by molar-refractivity contribution is 5.44. The minimum Gasteiger partial charge on any atom is -0.370 e. The van der Waals surface area contributed by atoms with Crippen LogP contribution in [0.2, 0.25) is 0 Å². The van der Waals surface area contributed by atoms with E-state index in [0.29, 0.717) is 6.04 Å². The number of nitrogens with zero attached hydrogens (tertiary/aromatic N) is 2. The van der Waals surface area contributed by atoms with Crippen molar-refractivity contribution >= 4 is 5.82 Å². The van der Waals surface area contributed by atoms with E-state index in [2.05, 4.69) is 22.0 Å². The largest absolute Gasteiger partial charge is 0.370 e. The Morgan fingerprint density at radius 2 is 2.06 bits per heavy atom. The molecule has 3 heteroatoms. The van der Waals surface area contributed by atoms with Crippen molar-refractivity contribution in [2.45, 2.75) is 51.5 Å². The van der Waals surface area contributed by atoms with E-state index in [1.165, 1.54) is 49.9 Å². The molecule has 1 unspecified atom stereocenters. The molecule has 0 saturated heterocycles. The summed E-state index contributed by atoms with van der Waals surface area (Å²) in [6, 6.07) is 0.658. The molecular weight excluding hydrogens is 198 g/mol. The van der Waals surface area contributed by atoms with E-state index >= 15 is 0 Å². The monoisotopic (exact) mass is 219 g/mol. The fourth-order valence-electron chi connectivity index (χ4n) is 3.34. The standard InChI is InChI=1S/C13H21N3/c1-10-9-15-16-12(7-8-14-13(10)16)11-5-3-2-4-6-11/h9,11-12,14H,2-8H2,1H3. The molecule has 1 aromatic rings. The summed E-state index contributed by atoms with van der Waals surface area (Å²) in [5.74, 6) is 2.13. The maximum atomic E-state index is 4.57. The molecule has 2 heterocycles. The van der Waals surface area contributed by atoms with E-state index in [4.69, 9.17) is 0 Å². The van der Waals surface area contributed by atoms with Crippen molar-refractivity contribution in [2.75, 3.05) is 11.9 Å². The SMILES string of the molecule is Cc1cnn2c1NCCC2C1CCCCC1. The zero-order valence-electron chi connectivity index (χ0n) is 10.1. The number of aromatic nitrogens is 2. The van der Waals surface area contributed by atoms with Crippen molar-refractivity contribution in [1.29, 1.82) is 0 Å². The lowest BCUT2D eigenvalue weighted by atomic mass is 9.82. The maximum absolute atomic E-state index is 4.57. The van der Waals surface area contributed by atoms with E-state index in [0.717, 1.165) is 12.5 Å². The Kier molecular flexibility index (Phi) is 2.62. The third kappa shape index (κ3) is 1.62. The molecule has 3 rings (SSSR count). The number of hydrogen-bond acceptors (Lipinski definition) is 2. The van der Waals surface area contributed by atoms with E-state index in [9.17, 15) is 0 Å². The average Bonchev–Trinajstić information content (AvgIpc) is 2.73. The number of rotatable bonds is 1. The number of hydrogen-bond donors (Lipinski definition) is 1. The summed E-state index contributed by atoms with van der Waals surface area (Å²) in [4.78, 5) is 0. The van der Waals surface area contributed by atoms with Crippen LogP contribution >= 0.6 is 0 Å². The van der Waals surface area contributed by atoms with Gasteiger partial charge in [-0.2, -0.15) is 5.10 Å². The normalized spacial score (nSPS) is 26.2. The van der Waals surface area contributed by atoms with Gasteiger partial charge in [-0.3, -0.25) is 0 Å². The van der Waals surface area contributed by atoms with Gasteiger partial charge in [0.25, 0.3) is 0 Å². The topological polar surface area (TPSA) is 29.9 Å². The fraction of sp³-hybridized carbons (Fsp3) is 0.769. The van der Waals surface area contributed by atoms with Crippen molar-refractivity contribution in [1.82, 2.24) is 9.78 Å². The van der Waals surface area contributed by atoms with Crippen LogP contribution in [0.25, 0.3) is 0 Å². The maximum Gasteiger partial charge on any atom is 0.127 e. The Balaban J connectivity index is 1.86. The first-order chi connectivity index (χ1) is 7.86. The van der Waals surface area contributed by atoms with Crippen molar-refractivity contribution in [3.63, 3.8) is 0 Å². The van der Waals surface area contributed by atoms with Gasteiger partial charge < -0.3 is 5.32 Å². The Bertz CT molecular complexity index is 363. The van der Waals surface area contributed by atoms with Gasteiger partial charge in [0.15, 0.2) is 0 Å². The molecule has 2 aliphatic rings. The summed E-state index contributed by atoms with van der Waals surface area (Å²) in [6.45, 7) is 3.27. The third-order valence-corrected chi connectivity index (χ3v) is 4.22. The first-order valence-electron chi connectivity index (χ1n) is 6.64. The predicted molar refractivity (Wildman–Crippen MR) is 65.7 cm³/mol. The second kappa shape index (κ2) is 4.11. The summed E-state index contributed by atoms with van der Waals surface area (Å²) in [5.41, 5.74) is 1.29. The van der Waals surface area contributed by atoms with Crippen molar-refractivity contribution in [3.8, 4) is 0 Å². The zero-order chi connectivity index (χ0) is 11.0. The van der Waals surface area contributed by atoms with Gasteiger partial charge in [0.1, 0.15) is 5.82 Å². The minimum absolute atomic E-state index is 0.658. The molecule has 1 N–H and O–H groups in total. The average molecular weight is 219 g/mol. The van der Waals surface area contributed by atoms with Crippen LogP contribution in [-0.2, 0) is 0 Å². The fourth-order valence-corrected chi connectivity index (χ4v) is 3.34. The van der Waals surface area contributed by atoms with Gasteiger partial charge in [0.05, 0.1) is 12.2 Å². The molecule has 1 aliphatic heterocycles. The van der Waals surface area contributed by atoms with E-state index in [-0.39, 0.29) is 0 Å². The van der Waals surface area contributed by atoms with E-state index < -0.39 is 0 Å². The quantitative estimate of drug-likeness (QED) is 0.786. The lowest BCUT2D eigenvalue weighted by molar-refractivity contribution is 0.222. The Labute approximate surface area is 97.2 Å². The van der Waals surface area contributed by atoms with Crippen LogP contribution in [0.5, 0.6) is 0 Å². The van der Waals surface area contributed by atoms with Crippen molar-refractivity contribution < 1.29 is 0 Å². The van der Waals surface area contributed by atoms with Gasteiger partial charge in [0.2, 0.25) is 0 Å². The molecule has 0 spiro atoms. The van der Waals surface area contributed by atoms with Gasteiger partial charge in [-0.25, -0.2) is 4.68 Å². The van der Waals surface area contributed by atoms with Crippen LogP contribution in [0.3, 0.4) is 0 Å². The van der Waals surface area contributed by atoms with Gasteiger partial charge >= 0.3 is 0 Å². The lowest BCUT2D eigenvalue weighted by Gasteiger charge is -2.34. The zero-order valence-corrected chi connectivity index (χ0v) is 10.1. The molecule has 1 aliphatic carbocycles. The van der Waals surface area contributed by atoms with Crippen LogP contribution in [0.15, 0.2) is 6.20 Å². The highest BCUT2D eigenvalue weighted by Gasteiger charge is 2.29. The molecular formula is C13H21N3. The summed E-state index contributed by atoms with van der Waals surface area (Å²) in [7, 11) is 0. The minimum atomic E-state index is 0.658. The van der Waals surface area contributed by atoms with Crippen molar-refractivity contribution in [2.24, 2.45) is 5.92 Å². The Hall–Kier alpha value is -0.990. The highest BCUT2D eigenvalue weighted by atomic mass is 15.4. The number of anilines is 1. The van der Waals surface area contributed by atoms with Gasteiger partial charge in [-0.1, -0.05) is 19.3 Å². The van der Waals surface area contributed by atoms with Crippen LogP contribution in [0.4, 0.5) is 5.82 Å². The van der Waals surface area contributed by atoms with Crippen LogP contribution < -0.4 is 5.32 Å². The second-order valence-corrected chi connectivity index (χ2v) is 5.30. The van der Waals surface area contributed by atoms with Crippen LogP contribution in [-0.4, -0.2) is 16.3 Å². The summed E-state index contributed by atoms with van der Waals surface area (Å²) >= 11 is 0. The first-order valence-corrected chi connectivity index (χ1v) is 6.64. The highest BCUT2D eigenvalue weighted by Crippen LogP contribution is 2.38. The molecule has 88 valence electrons. The summed E-state index contributed by atoms with van der Waals surface area (Å²) in [5, 5.41) is 8.05. The molecule has 1 fully saturated rings. The lowest BCUT2D eigenvalue weighted by Crippen LogP contribution is -2.30. The van der Waals surface area contributed by atoms with Gasteiger partial charge in [-0.05, 0) is 32.1 Å². The number of nitrogens with one attached hydrogen (secondary N) is 1. The summed E-state index contributed by atoms with van der Waals surface area (Å²) in [6.07, 6.45) is 10.3. The molecule has 0 bridgehead atoms. The molecule has 1 saturated carbocycles. The predicted octanol–water partition coefficient (Wildman–Crippen LogP) is 3.13. The van der Waals surface area contributed by atoms with E-state index in [1.54, 1.807) is 0 Å². The van der Waals surface area contributed by atoms with Crippen LogP contribution in [0.1, 0.15) is 50.1 Å². The van der Waals surface area contributed by atoms with Crippen molar-refractivity contribution in [3.05, 3.63) is 11.8 Å². The molecule has 1 aromatic heterocycles. The smallest absolute Gasteiger partial charge is 0.127 e. The van der Waals surface area contributed by atoms with Crippen LogP contribution in [0, 0.1) is 12.8 Å². The molecule has 0 amide bonds. The third-order valence-electron chi connectivity index (χ3n) is 4.22. The number of aryl methyl sites for hydroxylation is 1. The Morgan fingerprint density at radius 3 is 2.88 bits per heavy atom. The second-order valence-electron chi connectivity index (χ2n) is 5.30. The molecule has 16 heavy (non-hydrogen) atoms. The van der Waals surface area contributed by atoms with E-state index in [1.807, 2.05) is 6.20 Å². The first kappa shape index (κ1) is 10.2. The van der Waals surface area contributed by atoms with Gasteiger partial charge in [-0.15, -0.1) is 0 Å². The number of fused-ring (bicyclic) bond motifs is 1.